The van der Waals surface area contributed by atoms with Gasteiger partial charge in [0.05, 0.1) is 17.2 Å². The molecule has 2 fully saturated rings. The van der Waals surface area contributed by atoms with E-state index < -0.39 is 17.4 Å². The van der Waals surface area contributed by atoms with Gasteiger partial charge in [0.1, 0.15) is 5.70 Å². The molecule has 136 valence electrons. The van der Waals surface area contributed by atoms with E-state index >= 15 is 0 Å². The lowest BCUT2D eigenvalue weighted by Crippen LogP contribution is -2.29. The van der Waals surface area contributed by atoms with Crippen LogP contribution in [-0.2, 0) is 6.42 Å². The molecule has 0 unspecified atom stereocenters. The van der Waals surface area contributed by atoms with E-state index in [2.05, 4.69) is 6.07 Å². The minimum atomic E-state index is -4.32. The summed E-state index contributed by atoms with van der Waals surface area (Å²) in [5.74, 6) is -0.154. The largest absolute Gasteiger partial charge is 0.431 e. The van der Waals surface area contributed by atoms with Crippen LogP contribution in [0.1, 0.15) is 41.0 Å². The van der Waals surface area contributed by atoms with Gasteiger partial charge in [-0.25, -0.2) is 0 Å². The van der Waals surface area contributed by atoms with Crippen LogP contribution in [0.2, 0.25) is 0 Å². The SMILES string of the molecule is N#Cc1ccc2c(c1)[C@H](c1ccccc1)[C@@]1(C2)CN1C(=C1CC1)C(F)(F)F. The van der Waals surface area contributed by atoms with Crippen molar-refractivity contribution in [2.75, 3.05) is 6.54 Å². The van der Waals surface area contributed by atoms with Crippen molar-refractivity contribution in [3.05, 3.63) is 82.1 Å². The van der Waals surface area contributed by atoms with Crippen LogP contribution >= 0.6 is 0 Å². The van der Waals surface area contributed by atoms with Crippen molar-refractivity contribution in [3.8, 4) is 6.07 Å². The lowest BCUT2D eigenvalue weighted by Gasteiger charge is -2.25. The Kier molecular flexibility index (Phi) is 3.28. The molecular formula is C22H17F3N2. The lowest BCUT2D eigenvalue weighted by atomic mass is 9.85. The monoisotopic (exact) mass is 366 g/mol. The summed E-state index contributed by atoms with van der Waals surface area (Å²) in [5.41, 5.74) is 3.14. The van der Waals surface area contributed by atoms with Gasteiger partial charge in [0.25, 0.3) is 0 Å². The number of nitrogens with zero attached hydrogens (tertiary/aromatic N) is 2. The highest BCUT2D eigenvalue weighted by Gasteiger charge is 2.66. The van der Waals surface area contributed by atoms with Gasteiger partial charge < -0.3 is 4.90 Å². The maximum absolute atomic E-state index is 13.8. The second-order valence-electron chi connectivity index (χ2n) is 7.69. The first kappa shape index (κ1) is 16.4. The van der Waals surface area contributed by atoms with Gasteiger partial charge in [-0.15, -0.1) is 0 Å². The highest BCUT2D eigenvalue weighted by Crippen LogP contribution is 2.60. The number of hydrogen-bond donors (Lipinski definition) is 0. The fraction of sp³-hybridized carbons (Fsp3) is 0.318. The zero-order valence-electron chi connectivity index (χ0n) is 14.6. The minimum absolute atomic E-state index is 0.154. The predicted molar refractivity (Wildman–Crippen MR) is 94.9 cm³/mol. The number of halogens is 3. The Labute approximate surface area is 155 Å². The topological polar surface area (TPSA) is 26.8 Å². The third kappa shape index (κ3) is 2.47. The van der Waals surface area contributed by atoms with Gasteiger partial charge in [0, 0.05) is 12.5 Å². The summed E-state index contributed by atoms with van der Waals surface area (Å²) in [4.78, 5) is 1.58. The molecule has 5 heteroatoms. The summed E-state index contributed by atoms with van der Waals surface area (Å²) in [6, 6.07) is 17.4. The first-order valence-electron chi connectivity index (χ1n) is 9.09. The molecule has 2 aromatic carbocycles. The smallest absolute Gasteiger partial charge is 0.356 e. The molecule has 1 saturated heterocycles. The number of allylic oxidation sites excluding steroid dienone is 2. The Morgan fingerprint density at radius 3 is 2.48 bits per heavy atom. The molecule has 2 aliphatic carbocycles. The van der Waals surface area contributed by atoms with Crippen molar-refractivity contribution < 1.29 is 13.2 Å². The average Bonchev–Trinajstić information content (AvgIpc) is 3.54. The second-order valence-corrected chi connectivity index (χ2v) is 7.69. The molecule has 0 N–H and O–H groups in total. The zero-order chi connectivity index (χ0) is 18.8. The molecule has 1 heterocycles. The molecule has 0 aromatic heterocycles. The number of hydrogen-bond acceptors (Lipinski definition) is 2. The molecule has 1 aliphatic heterocycles. The molecule has 2 aromatic rings. The van der Waals surface area contributed by atoms with Crippen molar-refractivity contribution in [2.24, 2.45) is 0 Å². The molecule has 2 atom stereocenters. The number of nitriles is 1. The van der Waals surface area contributed by atoms with E-state index in [4.69, 9.17) is 0 Å². The summed E-state index contributed by atoms with van der Waals surface area (Å²) in [6.07, 6.45) is -2.64. The number of alkyl halides is 3. The van der Waals surface area contributed by atoms with E-state index in [1.165, 1.54) is 0 Å². The molecule has 0 radical (unpaired) electrons. The van der Waals surface area contributed by atoms with E-state index in [1.54, 1.807) is 11.0 Å². The third-order valence-corrected chi connectivity index (χ3v) is 5.99. The van der Waals surface area contributed by atoms with Gasteiger partial charge in [0.2, 0.25) is 0 Å². The number of benzene rings is 2. The molecule has 0 amide bonds. The lowest BCUT2D eigenvalue weighted by molar-refractivity contribution is -0.106. The zero-order valence-corrected chi connectivity index (χ0v) is 14.6. The highest BCUT2D eigenvalue weighted by atomic mass is 19.4. The van der Waals surface area contributed by atoms with Gasteiger partial charge >= 0.3 is 6.18 Å². The van der Waals surface area contributed by atoms with Crippen molar-refractivity contribution in [3.63, 3.8) is 0 Å². The first-order valence-corrected chi connectivity index (χ1v) is 9.09. The molecule has 0 bridgehead atoms. The molecular weight excluding hydrogens is 349 g/mol. The average molecular weight is 366 g/mol. The van der Waals surface area contributed by atoms with Gasteiger partial charge in [-0.1, -0.05) is 36.4 Å². The quantitative estimate of drug-likeness (QED) is 0.706. The van der Waals surface area contributed by atoms with Gasteiger partial charge in [-0.3, -0.25) is 0 Å². The molecule has 5 rings (SSSR count). The Bertz CT molecular complexity index is 994. The maximum Gasteiger partial charge on any atom is 0.431 e. The summed E-state index contributed by atoms with van der Waals surface area (Å²) in [6.45, 7) is 0.404. The molecule has 3 aliphatic rings. The fourth-order valence-electron chi connectivity index (χ4n) is 4.73. The molecule has 1 spiro atoms. The summed E-state index contributed by atoms with van der Waals surface area (Å²) < 4.78 is 41.3. The fourth-order valence-corrected chi connectivity index (χ4v) is 4.73. The maximum atomic E-state index is 13.8. The van der Waals surface area contributed by atoms with Gasteiger partial charge in [-0.05, 0) is 53.7 Å². The van der Waals surface area contributed by atoms with Crippen LogP contribution in [0.25, 0.3) is 0 Å². The minimum Gasteiger partial charge on any atom is -0.356 e. The van der Waals surface area contributed by atoms with E-state index in [9.17, 15) is 18.4 Å². The Balaban J connectivity index is 1.64. The summed E-state index contributed by atoms with van der Waals surface area (Å²) >= 11 is 0. The second kappa shape index (κ2) is 5.39. The summed E-state index contributed by atoms with van der Waals surface area (Å²) in [5, 5.41) is 9.28. The highest BCUT2D eigenvalue weighted by molar-refractivity contribution is 5.55. The van der Waals surface area contributed by atoms with E-state index in [0.717, 1.165) is 16.7 Å². The van der Waals surface area contributed by atoms with Crippen molar-refractivity contribution in [1.82, 2.24) is 4.90 Å². The molecule has 2 nitrogen and oxygen atoms in total. The van der Waals surface area contributed by atoms with Crippen LogP contribution in [0.5, 0.6) is 0 Å². The Hall–Kier alpha value is -2.74. The summed E-state index contributed by atoms with van der Waals surface area (Å²) in [7, 11) is 0. The predicted octanol–water partition coefficient (Wildman–Crippen LogP) is 4.91. The van der Waals surface area contributed by atoms with Crippen LogP contribution < -0.4 is 0 Å². The standard InChI is InChI=1S/C22H17F3N2/c23-22(24,25)20(16-8-9-16)27-13-21(27)11-17-7-6-14(12-26)10-18(17)19(21)15-4-2-1-3-5-15/h1-7,10,19H,8-9,11,13H2/t19-,21+,27?/m0/s1. The van der Waals surface area contributed by atoms with Gasteiger partial charge in [0.15, 0.2) is 0 Å². The number of fused-ring (bicyclic) bond motifs is 1. The van der Waals surface area contributed by atoms with E-state index in [-0.39, 0.29) is 5.92 Å². The van der Waals surface area contributed by atoms with Crippen LogP contribution in [0.4, 0.5) is 13.2 Å². The Morgan fingerprint density at radius 1 is 1.11 bits per heavy atom. The van der Waals surface area contributed by atoms with E-state index in [0.29, 0.717) is 36.9 Å². The van der Waals surface area contributed by atoms with Gasteiger partial charge in [-0.2, -0.15) is 18.4 Å². The van der Waals surface area contributed by atoms with Crippen LogP contribution in [-0.4, -0.2) is 23.2 Å². The van der Waals surface area contributed by atoms with Crippen molar-refractivity contribution >= 4 is 0 Å². The van der Waals surface area contributed by atoms with Crippen molar-refractivity contribution in [1.29, 1.82) is 5.26 Å². The van der Waals surface area contributed by atoms with Crippen molar-refractivity contribution in [2.45, 2.75) is 36.9 Å². The van der Waals surface area contributed by atoms with E-state index in [1.807, 2.05) is 42.5 Å². The first-order chi connectivity index (χ1) is 12.9. The number of rotatable bonds is 2. The Morgan fingerprint density at radius 2 is 1.85 bits per heavy atom. The third-order valence-electron chi connectivity index (χ3n) is 5.99. The van der Waals surface area contributed by atoms with Crippen LogP contribution in [0, 0.1) is 11.3 Å². The normalized spacial score (nSPS) is 25.3. The molecule has 1 saturated carbocycles. The molecule has 27 heavy (non-hydrogen) atoms. The van der Waals surface area contributed by atoms with Crippen LogP contribution in [0.15, 0.2) is 59.8 Å². The van der Waals surface area contributed by atoms with Crippen LogP contribution in [0.3, 0.4) is 0 Å².